The van der Waals surface area contributed by atoms with Gasteiger partial charge in [-0.1, -0.05) is 99.8 Å². The van der Waals surface area contributed by atoms with Crippen molar-refractivity contribution in [2.75, 3.05) is 25.4 Å². The number of hydrogen-bond donors (Lipinski definition) is 5. The van der Waals surface area contributed by atoms with Crippen molar-refractivity contribution in [2.24, 2.45) is 35.8 Å². The Morgan fingerprint density at radius 3 is 1.45 bits per heavy atom. The molecule has 10 N–H and O–H groups in total. The summed E-state index contributed by atoms with van der Waals surface area (Å²) in [7, 11) is 0. The van der Waals surface area contributed by atoms with E-state index >= 15 is 0 Å². The average molecular weight is 2870 g/mol. The van der Waals surface area contributed by atoms with E-state index in [-0.39, 0.29) is 199 Å². The Hall–Kier alpha value is -9.25. The second-order valence-corrected chi connectivity index (χ2v) is 32.6. The van der Waals surface area contributed by atoms with Crippen LogP contribution in [0.15, 0.2) is 218 Å². The van der Waals surface area contributed by atoms with Crippen LogP contribution in [0.3, 0.4) is 0 Å². The van der Waals surface area contributed by atoms with E-state index < -0.39 is 104 Å². The zero-order chi connectivity index (χ0) is 101. The van der Waals surface area contributed by atoms with Crippen LogP contribution in [-0.2, 0) is 111 Å². The molecule has 138 heavy (non-hydrogen) atoms. The van der Waals surface area contributed by atoms with Crippen LogP contribution in [0, 0.1) is 88.8 Å². The van der Waals surface area contributed by atoms with E-state index in [2.05, 4.69) is 57.2 Å². The molecule has 5 aliphatic rings. The van der Waals surface area contributed by atoms with Crippen molar-refractivity contribution >= 4 is 68.8 Å². The van der Waals surface area contributed by atoms with E-state index in [1.807, 2.05) is 130 Å². The molecule has 0 saturated carbocycles. The zero-order valence-corrected chi connectivity index (χ0v) is 89.9. The van der Waals surface area contributed by atoms with E-state index in [9.17, 15) is 79.0 Å². The van der Waals surface area contributed by atoms with Crippen LogP contribution in [-0.4, -0.2) is 166 Å². The minimum absolute atomic E-state index is 0. The molecular weight excluding hydrogens is 2760 g/mol. The third-order valence-corrected chi connectivity index (χ3v) is 19.0. The molecule has 0 fully saturated rings. The van der Waals surface area contributed by atoms with Crippen molar-refractivity contribution in [2.45, 2.75) is 184 Å². The van der Waals surface area contributed by atoms with Gasteiger partial charge in [-0.25, -0.2) is 17.6 Å². The molecule has 5 aliphatic heterocycles. The van der Waals surface area contributed by atoms with Gasteiger partial charge in [0.1, 0.15) is 23.1 Å². The van der Waals surface area contributed by atoms with Crippen molar-refractivity contribution in [3.63, 3.8) is 0 Å². The van der Waals surface area contributed by atoms with Gasteiger partial charge in [0, 0.05) is 184 Å². The quantitative estimate of drug-likeness (QED) is 0.0114. The van der Waals surface area contributed by atoms with Gasteiger partial charge in [0.2, 0.25) is 0 Å². The maximum Gasteiger partial charge on any atom is 0.403 e. The van der Waals surface area contributed by atoms with E-state index in [4.69, 9.17) is 59.2 Å². The molecule has 2 unspecified atom stereocenters. The summed E-state index contributed by atoms with van der Waals surface area (Å²) in [5.41, 5.74) is -1.48. The maximum atomic E-state index is 13.8. The summed E-state index contributed by atoms with van der Waals surface area (Å²) in [6.45, 7) is 30.4. The molecule has 0 bridgehead atoms. The third kappa shape index (κ3) is 42.3. The Bertz CT molecular complexity index is 5360. The topological polar surface area (TPSA) is 292 Å². The van der Waals surface area contributed by atoms with Gasteiger partial charge >= 0.3 is 58.9 Å². The number of aryl methyl sites for hydroxylation is 1. The fraction of sp³-hybridized carbons (Fsp3) is 0.351. The number of benzene rings is 6. The number of allylic oxidation sites excluding steroid dienone is 10. The number of pyridine rings is 1. The second-order valence-electron chi connectivity index (χ2n) is 31.5. The van der Waals surface area contributed by atoms with Gasteiger partial charge in [0.05, 0.1) is 105 Å². The average Bonchev–Trinajstić information content (AvgIpc) is 0.698. The van der Waals surface area contributed by atoms with Gasteiger partial charge in [-0.15, -0.1) is 102 Å². The van der Waals surface area contributed by atoms with E-state index in [1.54, 1.807) is 31.2 Å². The molecule has 5 radical (unpaired) electrons. The first-order chi connectivity index (χ1) is 61.5. The Morgan fingerprint density at radius 2 is 1.02 bits per heavy atom. The summed E-state index contributed by atoms with van der Waals surface area (Å²) in [6.07, 6.45) is 9.77. The van der Waals surface area contributed by atoms with Crippen LogP contribution in [0.5, 0.6) is 0 Å². The minimum atomic E-state index is -6.56. The summed E-state index contributed by atoms with van der Waals surface area (Å²) in [5.74, 6) is -27.4. The van der Waals surface area contributed by atoms with Crippen LogP contribution in [0.2, 0.25) is 0 Å². The number of alkyl halides is 11. The number of hydrogen-bond acceptors (Lipinski definition) is 13. The number of aromatic nitrogens is 1. The minimum Gasteiger partial charge on any atom is -0.512 e. The molecular formula is C97H104F18Ir5N6O11S. The number of aliphatic hydroxyl groups excluding tert-OH is 5. The monoisotopic (exact) mass is 2870 g/mol. The van der Waals surface area contributed by atoms with Crippen molar-refractivity contribution in [1.29, 1.82) is 0 Å². The second kappa shape index (κ2) is 60.1. The predicted octanol–water partition coefficient (Wildman–Crippen LogP) is 24.4. The van der Waals surface area contributed by atoms with E-state index in [0.717, 1.165) is 58.9 Å². The molecule has 6 heterocycles. The fourth-order valence-corrected chi connectivity index (χ4v) is 13.3. The molecule has 0 aliphatic carbocycles. The Morgan fingerprint density at radius 1 is 0.514 bits per heavy atom. The van der Waals surface area contributed by atoms with Crippen molar-refractivity contribution in [3.8, 4) is 0 Å². The zero-order valence-electron chi connectivity index (χ0n) is 77.1. The number of aliphatic imine (C=N–C) groups is 5. The smallest absolute Gasteiger partial charge is 0.403 e. The molecule has 7 aromatic rings. The molecule has 6 aromatic carbocycles. The summed E-state index contributed by atoms with van der Waals surface area (Å²) in [5, 5.41) is 43.2. The first-order valence-electron chi connectivity index (χ1n) is 40.1. The largest absolute Gasteiger partial charge is 0.512 e. The van der Waals surface area contributed by atoms with Crippen LogP contribution in [0.4, 0.5) is 79.0 Å². The number of carbonyl (C=O) groups excluding carboxylic acids is 5. The first-order valence-corrected chi connectivity index (χ1v) is 41.1. The summed E-state index contributed by atoms with van der Waals surface area (Å²) >= 11 is 1.84. The third-order valence-electron chi connectivity index (χ3n) is 17.9. The van der Waals surface area contributed by atoms with E-state index in [0.29, 0.717) is 24.7 Å². The number of ketones is 5. The molecule has 17 nitrogen and oxygen atoms in total. The normalized spacial score (nSPS) is 17.4. The van der Waals surface area contributed by atoms with Gasteiger partial charge in [-0.3, -0.25) is 60.9 Å². The number of nitrogens with zero attached hydrogens (tertiary/aromatic N) is 6. The first kappa shape index (κ1) is 133. The Labute approximate surface area is 860 Å². The Kier molecular flexibility index (Phi) is 57.9. The molecule has 0 amide bonds. The molecule has 41 heteroatoms. The summed E-state index contributed by atoms with van der Waals surface area (Å²) in [4.78, 5) is 65.6. The molecule has 765 valence electrons. The van der Waals surface area contributed by atoms with Crippen LogP contribution < -0.4 is 0 Å². The standard InChI is InChI=1S/C25H21F4N2.C13H12F4N.C12H12NO.C11H2F10N.C11H12NS.5C5H8O2.5Ir/c1-24(2)22(21-10-6-7-13-30-21)18(16-8-4-3-5-9-16)15-31-23(24)17-11-12-20(26)19(14-17)25(27,28)29;1-13(2)4-3-5-18-12(13)7-6-8(14)10(16)11(17)9(7)15;1-12(2)8-9-13-11(14-12)10-6-4-3-5-7-10;12-4-1-2-5(6(13)3-4)7-8(14,15)9(16,17)10(18,19)11(20,21)22-7;1-9-3-5-10(6-4-9)11-12-7-2-8-13-11;5*1-4(6)3-5(2)7;;;;;/h3-10,12-14,18,22H,15H2,1-2H3;3-5H2,1-2H3;3-6,8-9H,1-2H3;1,3H;3-5H,2,7-8H2,1H3;5*3,6H,1-2H3;;;;;/q5*-1;;;;;;;;;;/p+5. The van der Waals surface area contributed by atoms with Gasteiger partial charge in [-0.05, 0) is 120 Å². The number of aliphatic hydroxyl groups is 5. The van der Waals surface area contributed by atoms with Gasteiger partial charge < -0.3 is 45.2 Å². The molecule has 12 rings (SSSR count). The Balaban J connectivity index is -0.00000153. The molecule has 0 spiro atoms. The maximum absolute atomic E-state index is 13.8. The molecule has 0 saturated heterocycles. The summed E-state index contributed by atoms with van der Waals surface area (Å²) in [6, 6.07) is 37.5. The van der Waals surface area contributed by atoms with E-state index in [1.165, 1.54) is 123 Å². The predicted molar refractivity (Wildman–Crippen MR) is 482 cm³/mol. The number of ether oxygens (including phenoxy) is 1. The van der Waals surface area contributed by atoms with Crippen molar-refractivity contribution in [3.05, 3.63) is 314 Å². The van der Waals surface area contributed by atoms with Gasteiger partial charge in [-0.2, -0.15) is 51.3 Å². The number of halogens is 18. The van der Waals surface area contributed by atoms with Crippen LogP contribution in [0.1, 0.15) is 192 Å². The molecule has 1 aromatic heterocycles. The summed E-state index contributed by atoms with van der Waals surface area (Å²) < 4.78 is 243. The number of thioether (sulfide) groups is 1. The SMILES string of the molecule is CC(=[OH+])C=C(C)O.CC(=[OH+])C=C(C)O.CC(=[OH+])C=C(C)O.CC(=[OH+])C=C(C)O.CC(=[OH+])C=C(C)O.CC1(C)C(c2[c-]cc(F)c(C(F)(F)F)c2)=NCC(c2ccccc2)C1c1ccccn1.CC1(C)C=CN=C(c2[c-]cccc2)O1.CC1(C)CCCN=C1c1[c-]c(F)c(F)c(F)c1F.Cc1c[c-]c(C2=NCCCS2)cc1.Fc1c[c-]c(C2=NC(F)(F)C(F)(F)C(F)(F)C2(F)F)c(F)c1.[Ir].[Ir].[Ir].[Ir].[Ir]. The van der Waals surface area contributed by atoms with Gasteiger partial charge in [0.15, 0.2) is 0 Å². The number of rotatable bonds is 12. The van der Waals surface area contributed by atoms with Crippen molar-refractivity contribution in [1.82, 2.24) is 4.98 Å². The molecule has 2 atom stereocenters. The van der Waals surface area contributed by atoms with Crippen LogP contribution in [0.25, 0.3) is 0 Å². The van der Waals surface area contributed by atoms with Crippen LogP contribution >= 0.6 is 11.8 Å². The van der Waals surface area contributed by atoms with Crippen molar-refractivity contribution < 1.29 is 234 Å². The fourth-order valence-electron chi connectivity index (χ4n) is 12.4. The van der Waals surface area contributed by atoms with Gasteiger partial charge in [0.25, 0.3) is 0 Å².